The molecule has 0 spiro atoms. The molecule has 2 nitrogen and oxygen atoms in total. The molecule has 1 aromatic rings. The maximum absolute atomic E-state index is 5.36. The quantitative estimate of drug-likeness (QED) is 0.649. The summed E-state index contributed by atoms with van der Waals surface area (Å²) in [6.45, 7) is 4.05. The van der Waals surface area contributed by atoms with Gasteiger partial charge in [0.2, 0.25) is 0 Å². The molecule has 0 bridgehead atoms. The summed E-state index contributed by atoms with van der Waals surface area (Å²) >= 11 is 4.75. The van der Waals surface area contributed by atoms with Gasteiger partial charge in [-0.1, -0.05) is 12.1 Å². The molecule has 1 aromatic carbocycles. The Morgan fingerprint density at radius 2 is 2.08 bits per heavy atom. The summed E-state index contributed by atoms with van der Waals surface area (Å²) in [4.78, 5) is 0. The van der Waals surface area contributed by atoms with E-state index in [0.29, 0.717) is 5.11 Å². The Labute approximate surface area is 77.8 Å². The van der Waals surface area contributed by atoms with E-state index in [1.54, 1.807) is 0 Å². The Kier molecular flexibility index (Phi) is 2.65. The Morgan fingerprint density at radius 1 is 1.42 bits per heavy atom. The van der Waals surface area contributed by atoms with E-state index >= 15 is 0 Å². The Bertz CT molecular complexity index is 307. The van der Waals surface area contributed by atoms with Crippen LogP contribution in [-0.4, -0.2) is 5.11 Å². The van der Waals surface area contributed by atoms with E-state index in [1.807, 2.05) is 26.0 Å². The first-order chi connectivity index (χ1) is 5.59. The summed E-state index contributed by atoms with van der Waals surface area (Å²) in [5.74, 6) is 0. The third-order valence-corrected chi connectivity index (χ3v) is 1.75. The number of hydrogen-bond donors (Lipinski definition) is 2. The van der Waals surface area contributed by atoms with Gasteiger partial charge < -0.3 is 11.1 Å². The predicted molar refractivity (Wildman–Crippen MR) is 56.3 cm³/mol. The van der Waals surface area contributed by atoms with Gasteiger partial charge in [-0.15, -0.1) is 0 Å². The molecule has 0 unspecified atom stereocenters. The number of hydrogen-bond acceptors (Lipinski definition) is 1. The van der Waals surface area contributed by atoms with Crippen LogP contribution in [0.25, 0.3) is 0 Å². The number of thiocarbonyl (C=S) groups is 1. The van der Waals surface area contributed by atoms with Crippen LogP contribution in [0.3, 0.4) is 0 Å². The van der Waals surface area contributed by atoms with Crippen LogP contribution in [0, 0.1) is 13.8 Å². The molecule has 0 aromatic heterocycles. The fourth-order valence-electron chi connectivity index (χ4n) is 1.00. The monoisotopic (exact) mass is 180 g/mol. The van der Waals surface area contributed by atoms with Crippen LogP contribution in [-0.2, 0) is 0 Å². The van der Waals surface area contributed by atoms with Crippen LogP contribution < -0.4 is 11.1 Å². The zero-order valence-electron chi connectivity index (χ0n) is 7.22. The van der Waals surface area contributed by atoms with Gasteiger partial charge in [0.1, 0.15) is 0 Å². The van der Waals surface area contributed by atoms with E-state index in [9.17, 15) is 0 Å². The third kappa shape index (κ3) is 2.20. The average Bonchev–Trinajstić information content (AvgIpc) is 1.96. The molecular formula is C9H12N2S. The van der Waals surface area contributed by atoms with Gasteiger partial charge in [0.25, 0.3) is 0 Å². The summed E-state index contributed by atoms with van der Waals surface area (Å²) in [7, 11) is 0. The van der Waals surface area contributed by atoms with E-state index in [0.717, 1.165) is 11.3 Å². The molecule has 0 aliphatic carbocycles. The number of aryl methyl sites for hydroxylation is 2. The van der Waals surface area contributed by atoms with Gasteiger partial charge in [-0.25, -0.2) is 0 Å². The van der Waals surface area contributed by atoms with Crippen LogP contribution in [0.4, 0.5) is 5.69 Å². The van der Waals surface area contributed by atoms with Gasteiger partial charge in [-0.3, -0.25) is 0 Å². The van der Waals surface area contributed by atoms with Crippen molar-refractivity contribution in [2.24, 2.45) is 5.73 Å². The van der Waals surface area contributed by atoms with Crippen molar-refractivity contribution in [3.8, 4) is 0 Å². The summed E-state index contributed by atoms with van der Waals surface area (Å²) in [6, 6.07) is 6.12. The Balaban J connectivity index is 2.97. The molecule has 0 heterocycles. The maximum Gasteiger partial charge on any atom is 0.168 e. The van der Waals surface area contributed by atoms with Crippen LogP contribution in [0.5, 0.6) is 0 Å². The van der Waals surface area contributed by atoms with Crippen LogP contribution in [0.1, 0.15) is 11.1 Å². The highest BCUT2D eigenvalue weighted by atomic mass is 32.1. The SMILES string of the molecule is Cc1ccc(C)c(NC(N)=S)c1. The van der Waals surface area contributed by atoms with Crippen molar-refractivity contribution in [2.45, 2.75) is 13.8 Å². The lowest BCUT2D eigenvalue weighted by Gasteiger charge is -2.07. The number of nitrogens with one attached hydrogen (secondary N) is 1. The second-order valence-corrected chi connectivity index (χ2v) is 3.25. The van der Waals surface area contributed by atoms with Crippen molar-refractivity contribution < 1.29 is 0 Å². The molecule has 0 fully saturated rings. The lowest BCUT2D eigenvalue weighted by atomic mass is 10.1. The molecule has 1 rings (SSSR count). The van der Waals surface area contributed by atoms with Gasteiger partial charge in [0, 0.05) is 5.69 Å². The standard InChI is InChI=1S/C9H12N2S/c1-6-3-4-7(2)8(5-6)11-9(10)12/h3-5H,1-2H3,(H3,10,11,12). The maximum atomic E-state index is 5.36. The largest absolute Gasteiger partial charge is 0.376 e. The highest BCUT2D eigenvalue weighted by Crippen LogP contribution is 2.15. The fraction of sp³-hybridized carbons (Fsp3) is 0.222. The van der Waals surface area contributed by atoms with Gasteiger partial charge in [0.05, 0.1) is 0 Å². The minimum atomic E-state index is 0.309. The molecule has 0 amide bonds. The van der Waals surface area contributed by atoms with Gasteiger partial charge in [-0.2, -0.15) is 0 Å². The molecule has 0 saturated carbocycles. The highest BCUT2D eigenvalue weighted by Gasteiger charge is 1.97. The van der Waals surface area contributed by atoms with Crippen molar-refractivity contribution in [3.63, 3.8) is 0 Å². The van der Waals surface area contributed by atoms with Crippen LogP contribution >= 0.6 is 12.2 Å². The van der Waals surface area contributed by atoms with Gasteiger partial charge in [-0.05, 0) is 43.3 Å². The van der Waals surface area contributed by atoms with Gasteiger partial charge in [0.15, 0.2) is 5.11 Å². The number of anilines is 1. The lowest BCUT2D eigenvalue weighted by molar-refractivity contribution is 1.39. The number of rotatable bonds is 1. The highest BCUT2D eigenvalue weighted by molar-refractivity contribution is 7.80. The van der Waals surface area contributed by atoms with Crippen molar-refractivity contribution in [3.05, 3.63) is 29.3 Å². The number of nitrogens with two attached hydrogens (primary N) is 1. The van der Waals surface area contributed by atoms with Crippen LogP contribution in [0.2, 0.25) is 0 Å². The zero-order chi connectivity index (χ0) is 9.14. The van der Waals surface area contributed by atoms with Crippen molar-refractivity contribution in [2.75, 3.05) is 5.32 Å². The summed E-state index contributed by atoms with van der Waals surface area (Å²) in [5.41, 5.74) is 8.69. The van der Waals surface area contributed by atoms with E-state index in [2.05, 4.69) is 11.4 Å². The zero-order valence-corrected chi connectivity index (χ0v) is 8.03. The topological polar surface area (TPSA) is 38.0 Å². The summed E-state index contributed by atoms with van der Waals surface area (Å²) < 4.78 is 0. The molecule has 0 radical (unpaired) electrons. The molecule has 0 atom stereocenters. The molecular weight excluding hydrogens is 168 g/mol. The Morgan fingerprint density at radius 3 is 2.67 bits per heavy atom. The summed E-state index contributed by atoms with van der Waals surface area (Å²) in [5, 5.41) is 3.23. The molecule has 3 N–H and O–H groups in total. The van der Waals surface area contributed by atoms with E-state index in [-0.39, 0.29) is 0 Å². The van der Waals surface area contributed by atoms with E-state index in [4.69, 9.17) is 18.0 Å². The molecule has 0 saturated heterocycles. The lowest BCUT2D eigenvalue weighted by Crippen LogP contribution is -2.19. The third-order valence-electron chi connectivity index (χ3n) is 1.65. The normalized spacial score (nSPS) is 9.50. The first-order valence-electron chi connectivity index (χ1n) is 3.73. The van der Waals surface area contributed by atoms with Gasteiger partial charge >= 0.3 is 0 Å². The molecule has 12 heavy (non-hydrogen) atoms. The molecule has 64 valence electrons. The average molecular weight is 180 g/mol. The second kappa shape index (κ2) is 3.54. The minimum Gasteiger partial charge on any atom is -0.376 e. The first-order valence-corrected chi connectivity index (χ1v) is 4.14. The smallest absolute Gasteiger partial charge is 0.168 e. The molecule has 0 aliphatic heterocycles. The van der Waals surface area contributed by atoms with Crippen molar-refractivity contribution in [1.29, 1.82) is 0 Å². The Hall–Kier alpha value is -1.09. The van der Waals surface area contributed by atoms with Crippen LogP contribution in [0.15, 0.2) is 18.2 Å². The minimum absolute atomic E-state index is 0.309. The number of benzene rings is 1. The van der Waals surface area contributed by atoms with E-state index < -0.39 is 0 Å². The first kappa shape index (κ1) is 9.00. The second-order valence-electron chi connectivity index (χ2n) is 2.81. The molecule has 3 heteroatoms. The fourth-order valence-corrected chi connectivity index (χ4v) is 1.11. The van der Waals surface area contributed by atoms with Crippen molar-refractivity contribution >= 4 is 23.0 Å². The van der Waals surface area contributed by atoms with E-state index in [1.165, 1.54) is 5.56 Å². The predicted octanol–water partition coefficient (Wildman–Crippen LogP) is 1.96. The summed E-state index contributed by atoms with van der Waals surface area (Å²) in [6.07, 6.45) is 0. The van der Waals surface area contributed by atoms with Crippen molar-refractivity contribution in [1.82, 2.24) is 0 Å². The molecule has 0 aliphatic rings.